The van der Waals surface area contributed by atoms with Gasteiger partial charge in [0, 0.05) is 24.1 Å². The van der Waals surface area contributed by atoms with Gasteiger partial charge in [-0.1, -0.05) is 13.8 Å². The first-order valence-corrected chi connectivity index (χ1v) is 8.21. The number of hydrogen-bond acceptors (Lipinski definition) is 4. The highest BCUT2D eigenvalue weighted by Crippen LogP contribution is 2.18. The minimum absolute atomic E-state index is 0.143. The van der Waals surface area contributed by atoms with Crippen molar-refractivity contribution in [1.29, 1.82) is 0 Å². The van der Waals surface area contributed by atoms with E-state index < -0.39 is 15.9 Å². The van der Waals surface area contributed by atoms with E-state index in [4.69, 9.17) is 0 Å². The van der Waals surface area contributed by atoms with E-state index in [1.807, 2.05) is 6.20 Å². The molecule has 0 spiro atoms. The molecule has 1 heterocycles. The summed E-state index contributed by atoms with van der Waals surface area (Å²) in [6, 6.07) is 0. The molecule has 1 N–H and O–H groups in total. The standard InChI is InChI=1S/C12H22N2O3S/c1-3-7-14-10-11(9-13-14)12(15)6-5-8-18(16,17)4-2/h9-10,12,15H,3-8H2,1-2H3. The lowest BCUT2D eigenvalue weighted by atomic mass is 10.1. The molecule has 0 saturated heterocycles. The molecule has 0 aliphatic carbocycles. The summed E-state index contributed by atoms with van der Waals surface area (Å²) in [4.78, 5) is 0. The van der Waals surface area contributed by atoms with E-state index in [2.05, 4.69) is 12.0 Å². The van der Waals surface area contributed by atoms with Crippen LogP contribution in [0.2, 0.25) is 0 Å². The zero-order valence-corrected chi connectivity index (χ0v) is 11.9. The van der Waals surface area contributed by atoms with Crippen molar-refractivity contribution in [2.45, 2.75) is 45.8 Å². The Labute approximate surface area is 109 Å². The number of aryl methyl sites for hydroxylation is 1. The maximum Gasteiger partial charge on any atom is 0.150 e. The maximum absolute atomic E-state index is 11.3. The van der Waals surface area contributed by atoms with E-state index in [0.717, 1.165) is 18.5 Å². The number of nitrogens with zero attached hydrogens (tertiary/aromatic N) is 2. The van der Waals surface area contributed by atoms with Gasteiger partial charge in [-0.25, -0.2) is 8.42 Å². The molecule has 0 amide bonds. The van der Waals surface area contributed by atoms with E-state index in [0.29, 0.717) is 12.8 Å². The van der Waals surface area contributed by atoms with Gasteiger partial charge in [0.15, 0.2) is 0 Å². The fourth-order valence-electron chi connectivity index (χ4n) is 1.71. The summed E-state index contributed by atoms with van der Waals surface area (Å²) < 4.78 is 24.4. The molecule has 1 atom stereocenters. The molecule has 1 unspecified atom stereocenters. The van der Waals surface area contributed by atoms with Crippen molar-refractivity contribution < 1.29 is 13.5 Å². The molecule has 104 valence electrons. The number of aliphatic hydroxyl groups excluding tert-OH is 1. The van der Waals surface area contributed by atoms with Gasteiger partial charge in [-0.2, -0.15) is 5.10 Å². The van der Waals surface area contributed by atoms with Gasteiger partial charge in [-0.15, -0.1) is 0 Å². The molecule has 1 rings (SSSR count). The molecule has 0 aliphatic rings. The highest BCUT2D eigenvalue weighted by molar-refractivity contribution is 7.91. The Morgan fingerprint density at radius 3 is 2.78 bits per heavy atom. The Bertz CT molecular complexity index is 454. The van der Waals surface area contributed by atoms with Gasteiger partial charge >= 0.3 is 0 Å². The predicted octanol–water partition coefficient (Wildman–Crippen LogP) is 1.54. The Balaban J connectivity index is 2.42. The van der Waals surface area contributed by atoms with Gasteiger partial charge < -0.3 is 5.11 Å². The third-order valence-corrected chi connectivity index (χ3v) is 4.65. The summed E-state index contributed by atoms with van der Waals surface area (Å²) in [5.41, 5.74) is 0.761. The molecule has 18 heavy (non-hydrogen) atoms. The van der Waals surface area contributed by atoms with Crippen molar-refractivity contribution in [3.8, 4) is 0 Å². The fraction of sp³-hybridized carbons (Fsp3) is 0.750. The number of aliphatic hydroxyl groups is 1. The fourth-order valence-corrected chi connectivity index (χ4v) is 2.61. The molecule has 0 bridgehead atoms. The first-order chi connectivity index (χ1) is 8.48. The minimum Gasteiger partial charge on any atom is -0.388 e. The third kappa shape index (κ3) is 4.78. The SMILES string of the molecule is CCCn1cc(C(O)CCCS(=O)(=O)CC)cn1. The summed E-state index contributed by atoms with van der Waals surface area (Å²) in [6.45, 7) is 4.53. The van der Waals surface area contributed by atoms with Crippen LogP contribution in [0.4, 0.5) is 0 Å². The van der Waals surface area contributed by atoms with Crippen molar-refractivity contribution in [2.24, 2.45) is 0 Å². The van der Waals surface area contributed by atoms with Crippen LogP contribution >= 0.6 is 0 Å². The highest BCUT2D eigenvalue weighted by Gasteiger charge is 2.13. The Kier molecular flexibility index (Phi) is 5.81. The number of sulfone groups is 1. The molecule has 0 aromatic carbocycles. The van der Waals surface area contributed by atoms with E-state index in [9.17, 15) is 13.5 Å². The Hall–Kier alpha value is -0.880. The molecule has 0 aliphatic heterocycles. The van der Waals surface area contributed by atoms with Crippen LogP contribution in [-0.4, -0.2) is 34.8 Å². The highest BCUT2D eigenvalue weighted by atomic mass is 32.2. The lowest BCUT2D eigenvalue weighted by Gasteiger charge is -2.07. The summed E-state index contributed by atoms with van der Waals surface area (Å²) >= 11 is 0. The first-order valence-electron chi connectivity index (χ1n) is 6.39. The van der Waals surface area contributed by atoms with E-state index in [1.54, 1.807) is 17.8 Å². The van der Waals surface area contributed by atoms with Crippen LogP contribution in [0.5, 0.6) is 0 Å². The van der Waals surface area contributed by atoms with Gasteiger partial charge in [-0.3, -0.25) is 4.68 Å². The number of rotatable bonds is 8. The normalized spacial score (nSPS) is 13.7. The van der Waals surface area contributed by atoms with Gasteiger partial charge in [-0.05, 0) is 19.3 Å². The topological polar surface area (TPSA) is 72.2 Å². The second-order valence-electron chi connectivity index (χ2n) is 4.43. The van der Waals surface area contributed by atoms with Crippen molar-refractivity contribution in [3.05, 3.63) is 18.0 Å². The largest absolute Gasteiger partial charge is 0.388 e. The van der Waals surface area contributed by atoms with Gasteiger partial charge in [0.05, 0.1) is 18.1 Å². The number of hydrogen-bond donors (Lipinski definition) is 1. The Morgan fingerprint density at radius 2 is 2.17 bits per heavy atom. The zero-order valence-electron chi connectivity index (χ0n) is 11.0. The van der Waals surface area contributed by atoms with Gasteiger partial charge in [0.2, 0.25) is 0 Å². The average molecular weight is 274 g/mol. The van der Waals surface area contributed by atoms with E-state index in [1.165, 1.54) is 0 Å². The van der Waals surface area contributed by atoms with Crippen molar-refractivity contribution in [3.63, 3.8) is 0 Å². The van der Waals surface area contributed by atoms with E-state index >= 15 is 0 Å². The zero-order chi connectivity index (χ0) is 13.6. The van der Waals surface area contributed by atoms with Crippen molar-refractivity contribution in [2.75, 3.05) is 11.5 Å². The van der Waals surface area contributed by atoms with Crippen LogP contribution in [0.15, 0.2) is 12.4 Å². The van der Waals surface area contributed by atoms with Crippen LogP contribution in [0.25, 0.3) is 0 Å². The maximum atomic E-state index is 11.3. The second-order valence-corrected chi connectivity index (χ2v) is 6.90. The predicted molar refractivity (Wildman–Crippen MR) is 71.0 cm³/mol. The van der Waals surface area contributed by atoms with Crippen LogP contribution in [0.1, 0.15) is 44.8 Å². The molecule has 5 nitrogen and oxygen atoms in total. The second kappa shape index (κ2) is 6.89. The first kappa shape index (κ1) is 15.2. The molecule has 6 heteroatoms. The van der Waals surface area contributed by atoms with Crippen LogP contribution < -0.4 is 0 Å². The van der Waals surface area contributed by atoms with Gasteiger partial charge in [0.1, 0.15) is 9.84 Å². The molecular weight excluding hydrogens is 252 g/mol. The minimum atomic E-state index is -2.93. The summed E-state index contributed by atoms with van der Waals surface area (Å²) in [5.74, 6) is 0.307. The molecule has 1 aromatic heterocycles. The van der Waals surface area contributed by atoms with E-state index in [-0.39, 0.29) is 11.5 Å². The molecule has 0 saturated carbocycles. The lowest BCUT2D eigenvalue weighted by molar-refractivity contribution is 0.166. The molecule has 1 aromatic rings. The Morgan fingerprint density at radius 1 is 1.44 bits per heavy atom. The van der Waals surface area contributed by atoms with Gasteiger partial charge in [0.25, 0.3) is 0 Å². The summed E-state index contributed by atoms with van der Waals surface area (Å²) in [6.07, 6.45) is 4.78. The summed E-state index contributed by atoms with van der Waals surface area (Å²) in [7, 11) is -2.93. The quantitative estimate of drug-likeness (QED) is 0.780. The molecule has 0 fully saturated rings. The van der Waals surface area contributed by atoms with Crippen molar-refractivity contribution >= 4 is 9.84 Å². The average Bonchev–Trinajstić information content (AvgIpc) is 2.78. The molecular formula is C12H22N2O3S. The lowest BCUT2D eigenvalue weighted by Crippen LogP contribution is -2.09. The molecule has 0 radical (unpaired) electrons. The van der Waals surface area contributed by atoms with Crippen LogP contribution in [-0.2, 0) is 16.4 Å². The van der Waals surface area contributed by atoms with Crippen molar-refractivity contribution in [1.82, 2.24) is 9.78 Å². The summed E-state index contributed by atoms with van der Waals surface area (Å²) in [5, 5.41) is 14.1. The monoisotopic (exact) mass is 274 g/mol. The number of aromatic nitrogens is 2. The van der Waals surface area contributed by atoms with Crippen LogP contribution in [0, 0.1) is 0 Å². The van der Waals surface area contributed by atoms with Crippen LogP contribution in [0.3, 0.4) is 0 Å². The third-order valence-electron chi connectivity index (χ3n) is 2.86. The smallest absolute Gasteiger partial charge is 0.150 e.